The molecule has 0 saturated heterocycles. The Hall–Kier alpha value is -0.760. The second-order valence-corrected chi connectivity index (χ2v) is 4.32. The molecule has 0 aromatic rings. The van der Waals surface area contributed by atoms with E-state index in [1.807, 2.05) is 0 Å². The molecule has 96 valence electrons. The van der Waals surface area contributed by atoms with Crippen molar-refractivity contribution < 1.29 is 37.0 Å². The van der Waals surface area contributed by atoms with Gasteiger partial charge in [0.05, 0.1) is 0 Å². The SMILES string of the molecule is CC(C)(C)C(=O)C(F)(F)C(O)(O)C(F)(F)F. The fraction of sp³-hybridized carbons (Fsp3) is 0.875. The normalized spacial score (nSPS) is 15.1. The first-order chi connectivity index (χ1) is 6.65. The van der Waals surface area contributed by atoms with E-state index in [-0.39, 0.29) is 0 Å². The van der Waals surface area contributed by atoms with Crippen molar-refractivity contribution in [2.24, 2.45) is 5.41 Å². The summed E-state index contributed by atoms with van der Waals surface area (Å²) in [4.78, 5) is 11.0. The highest BCUT2D eigenvalue weighted by molar-refractivity contribution is 5.91. The molecule has 0 amide bonds. The molecule has 0 bridgehead atoms. The van der Waals surface area contributed by atoms with Crippen LogP contribution in [0.5, 0.6) is 0 Å². The highest BCUT2D eigenvalue weighted by Gasteiger charge is 2.73. The topological polar surface area (TPSA) is 57.5 Å². The van der Waals surface area contributed by atoms with Crippen LogP contribution in [-0.2, 0) is 4.79 Å². The third-order valence-electron chi connectivity index (χ3n) is 1.80. The third kappa shape index (κ3) is 2.32. The molecule has 0 unspecified atom stereocenters. The molecule has 3 nitrogen and oxygen atoms in total. The quantitative estimate of drug-likeness (QED) is 0.576. The smallest absolute Gasteiger partial charge is 0.354 e. The lowest BCUT2D eigenvalue weighted by Crippen LogP contribution is -2.64. The molecule has 0 aliphatic heterocycles. The molecule has 0 aromatic heterocycles. The molecule has 0 fully saturated rings. The summed E-state index contributed by atoms with van der Waals surface area (Å²) in [5.74, 6) is -12.9. The van der Waals surface area contributed by atoms with Crippen LogP contribution in [0.4, 0.5) is 22.0 Å². The Labute approximate surface area is 87.9 Å². The predicted octanol–water partition coefficient (Wildman–Crippen LogP) is 1.48. The molecule has 2 N–H and O–H groups in total. The van der Waals surface area contributed by atoms with E-state index in [2.05, 4.69) is 0 Å². The van der Waals surface area contributed by atoms with Crippen molar-refractivity contribution >= 4 is 5.78 Å². The Balaban J connectivity index is 5.46. The van der Waals surface area contributed by atoms with Crippen molar-refractivity contribution in [3.05, 3.63) is 0 Å². The average Bonchev–Trinajstić information content (AvgIpc) is 1.98. The van der Waals surface area contributed by atoms with Gasteiger partial charge < -0.3 is 10.2 Å². The van der Waals surface area contributed by atoms with E-state index in [4.69, 9.17) is 10.2 Å². The molecule has 0 atom stereocenters. The molecule has 16 heavy (non-hydrogen) atoms. The summed E-state index contributed by atoms with van der Waals surface area (Å²) in [5.41, 5.74) is -1.84. The number of aliphatic hydroxyl groups is 2. The molecule has 0 rings (SSSR count). The lowest BCUT2D eigenvalue weighted by atomic mass is 9.84. The van der Waals surface area contributed by atoms with Gasteiger partial charge in [-0.3, -0.25) is 4.79 Å². The van der Waals surface area contributed by atoms with Gasteiger partial charge in [0.1, 0.15) is 0 Å². The molecular formula is C8H11F5O3. The van der Waals surface area contributed by atoms with Crippen LogP contribution < -0.4 is 0 Å². The summed E-state index contributed by atoms with van der Waals surface area (Å²) in [6, 6.07) is 0. The first-order valence-electron chi connectivity index (χ1n) is 4.10. The van der Waals surface area contributed by atoms with Gasteiger partial charge in [-0.05, 0) is 0 Å². The van der Waals surface area contributed by atoms with Crippen LogP contribution in [0.3, 0.4) is 0 Å². The molecule has 8 heteroatoms. The van der Waals surface area contributed by atoms with Crippen LogP contribution in [0.25, 0.3) is 0 Å². The minimum absolute atomic E-state index is 0.940. The molecule has 0 aliphatic rings. The monoisotopic (exact) mass is 250 g/mol. The van der Waals surface area contributed by atoms with E-state index in [1.54, 1.807) is 0 Å². The number of hydrogen-bond donors (Lipinski definition) is 2. The summed E-state index contributed by atoms with van der Waals surface area (Å²) in [6.45, 7) is 2.82. The van der Waals surface area contributed by atoms with Gasteiger partial charge in [0.2, 0.25) is 5.78 Å². The maximum Gasteiger partial charge on any atom is 0.450 e. The Morgan fingerprint density at radius 2 is 1.25 bits per heavy atom. The van der Waals surface area contributed by atoms with Gasteiger partial charge in [-0.25, -0.2) is 0 Å². The first-order valence-corrected chi connectivity index (χ1v) is 4.10. The van der Waals surface area contributed by atoms with Crippen molar-refractivity contribution in [2.75, 3.05) is 0 Å². The molecule has 0 heterocycles. The van der Waals surface area contributed by atoms with Crippen LogP contribution in [-0.4, -0.2) is 33.9 Å². The number of carbonyl (C=O) groups is 1. The van der Waals surface area contributed by atoms with Gasteiger partial charge in [-0.15, -0.1) is 0 Å². The van der Waals surface area contributed by atoms with E-state index in [1.165, 1.54) is 0 Å². The summed E-state index contributed by atoms with van der Waals surface area (Å²) in [7, 11) is 0. The average molecular weight is 250 g/mol. The third-order valence-corrected chi connectivity index (χ3v) is 1.80. The Morgan fingerprint density at radius 1 is 0.938 bits per heavy atom. The van der Waals surface area contributed by atoms with Gasteiger partial charge >= 0.3 is 17.9 Å². The van der Waals surface area contributed by atoms with Crippen LogP contribution in [0, 0.1) is 5.41 Å². The second kappa shape index (κ2) is 3.63. The fourth-order valence-electron chi connectivity index (χ4n) is 0.807. The number of Topliss-reactive ketones (excluding diaryl/α,β-unsaturated/α-hetero) is 1. The number of ketones is 1. The Bertz CT molecular complexity index is 287. The minimum Gasteiger partial charge on any atom is -0.354 e. The highest BCUT2D eigenvalue weighted by atomic mass is 19.4. The molecule has 0 spiro atoms. The van der Waals surface area contributed by atoms with Crippen molar-refractivity contribution in [3.63, 3.8) is 0 Å². The number of carbonyl (C=O) groups excluding carboxylic acids is 1. The molecule has 0 aromatic carbocycles. The summed E-state index contributed by atoms with van der Waals surface area (Å²) >= 11 is 0. The van der Waals surface area contributed by atoms with E-state index in [0.29, 0.717) is 0 Å². The number of hydrogen-bond acceptors (Lipinski definition) is 3. The van der Waals surface area contributed by atoms with Crippen LogP contribution in [0.15, 0.2) is 0 Å². The van der Waals surface area contributed by atoms with Crippen LogP contribution in [0.1, 0.15) is 20.8 Å². The predicted molar refractivity (Wildman–Crippen MR) is 42.6 cm³/mol. The number of alkyl halides is 5. The summed E-state index contributed by atoms with van der Waals surface area (Å²) < 4.78 is 61.9. The number of halogens is 5. The lowest BCUT2D eigenvalue weighted by Gasteiger charge is -2.34. The van der Waals surface area contributed by atoms with Gasteiger partial charge in [0.25, 0.3) is 0 Å². The van der Waals surface area contributed by atoms with Crippen LogP contribution >= 0.6 is 0 Å². The van der Waals surface area contributed by atoms with Crippen LogP contribution in [0.2, 0.25) is 0 Å². The zero-order chi connectivity index (χ0) is 13.6. The largest absolute Gasteiger partial charge is 0.450 e. The molecule has 0 radical (unpaired) electrons. The van der Waals surface area contributed by atoms with Crippen molar-refractivity contribution in [1.82, 2.24) is 0 Å². The standard InChI is InChI=1S/C8H11F5O3/c1-5(2,3)4(14)6(9,10)7(15,16)8(11,12)13/h15-16H,1-3H3. The Kier molecular flexibility index (Phi) is 3.45. The second-order valence-electron chi connectivity index (χ2n) is 4.32. The maximum atomic E-state index is 13.0. The molecule has 0 aliphatic carbocycles. The van der Waals surface area contributed by atoms with Gasteiger partial charge in [0.15, 0.2) is 0 Å². The van der Waals surface area contributed by atoms with E-state index in [0.717, 1.165) is 20.8 Å². The number of rotatable bonds is 2. The first kappa shape index (κ1) is 15.2. The minimum atomic E-state index is -6.03. The van der Waals surface area contributed by atoms with Gasteiger partial charge in [-0.2, -0.15) is 22.0 Å². The van der Waals surface area contributed by atoms with E-state index in [9.17, 15) is 26.7 Å². The van der Waals surface area contributed by atoms with Crippen molar-refractivity contribution in [1.29, 1.82) is 0 Å². The summed E-state index contributed by atoms with van der Waals surface area (Å²) in [5, 5.41) is 16.7. The highest BCUT2D eigenvalue weighted by Crippen LogP contribution is 2.43. The summed E-state index contributed by atoms with van der Waals surface area (Å²) in [6.07, 6.45) is -6.03. The molecule has 0 saturated carbocycles. The van der Waals surface area contributed by atoms with E-state index >= 15 is 0 Å². The van der Waals surface area contributed by atoms with Crippen molar-refractivity contribution in [3.8, 4) is 0 Å². The van der Waals surface area contributed by atoms with Crippen molar-refractivity contribution in [2.45, 2.75) is 38.7 Å². The maximum absolute atomic E-state index is 13.0. The fourth-order valence-corrected chi connectivity index (χ4v) is 0.807. The van der Waals surface area contributed by atoms with E-state index < -0.39 is 29.1 Å². The van der Waals surface area contributed by atoms with Gasteiger partial charge in [-0.1, -0.05) is 20.8 Å². The van der Waals surface area contributed by atoms with Gasteiger partial charge in [0, 0.05) is 5.41 Å². The lowest BCUT2D eigenvalue weighted by molar-refractivity contribution is -0.406. The zero-order valence-corrected chi connectivity index (χ0v) is 8.69. The zero-order valence-electron chi connectivity index (χ0n) is 8.69. The Morgan fingerprint density at radius 3 is 1.44 bits per heavy atom. The molecular weight excluding hydrogens is 239 g/mol.